The van der Waals surface area contributed by atoms with Gasteiger partial charge in [-0.2, -0.15) is 4.31 Å². The lowest BCUT2D eigenvalue weighted by molar-refractivity contribution is -0.122. The van der Waals surface area contributed by atoms with E-state index < -0.39 is 16.1 Å². The molecule has 0 spiro atoms. The van der Waals surface area contributed by atoms with Crippen LogP contribution in [0.15, 0.2) is 0 Å². The molecular formula is C11H24ClN3O3S. The molecular weight excluding hydrogens is 290 g/mol. The van der Waals surface area contributed by atoms with Crippen molar-refractivity contribution < 1.29 is 13.2 Å². The van der Waals surface area contributed by atoms with E-state index in [1.807, 2.05) is 6.92 Å². The van der Waals surface area contributed by atoms with Gasteiger partial charge in [0.1, 0.15) is 0 Å². The molecule has 1 aliphatic rings. The summed E-state index contributed by atoms with van der Waals surface area (Å²) >= 11 is 0. The summed E-state index contributed by atoms with van der Waals surface area (Å²) in [5.41, 5.74) is 5.69. The summed E-state index contributed by atoms with van der Waals surface area (Å²) < 4.78 is 24.5. The summed E-state index contributed by atoms with van der Waals surface area (Å²) in [5, 5.41) is 2.74. The first kappa shape index (κ1) is 18.6. The largest absolute Gasteiger partial charge is 0.353 e. The lowest BCUT2D eigenvalue weighted by atomic mass is 10.1. The standard InChI is InChI=1S/C11H23N3O3S.ClH/c1-3-5-10(12)11(15)13-8-9-6-4-7-14(9)18(2,16)17;/h9-10H,3-8,12H2,1-2H3,(H,13,15);1H/t9-,10?;/m1./s1. The van der Waals surface area contributed by atoms with Gasteiger partial charge in [-0.25, -0.2) is 8.42 Å². The van der Waals surface area contributed by atoms with Crippen LogP contribution in [0.1, 0.15) is 32.6 Å². The van der Waals surface area contributed by atoms with Gasteiger partial charge in [0.15, 0.2) is 0 Å². The molecule has 0 radical (unpaired) electrons. The van der Waals surface area contributed by atoms with E-state index in [0.717, 1.165) is 19.3 Å². The van der Waals surface area contributed by atoms with E-state index in [-0.39, 0.29) is 24.4 Å². The SMILES string of the molecule is CCCC(N)C(=O)NC[C@H]1CCCN1S(C)(=O)=O.Cl. The van der Waals surface area contributed by atoms with Gasteiger partial charge in [-0.15, -0.1) is 12.4 Å². The van der Waals surface area contributed by atoms with E-state index in [9.17, 15) is 13.2 Å². The fourth-order valence-corrected chi connectivity index (χ4v) is 3.42. The van der Waals surface area contributed by atoms with Crippen LogP contribution in [-0.4, -0.2) is 50.1 Å². The van der Waals surface area contributed by atoms with E-state index in [0.29, 0.717) is 19.5 Å². The molecule has 1 saturated heterocycles. The van der Waals surface area contributed by atoms with Crippen molar-refractivity contribution in [1.82, 2.24) is 9.62 Å². The Morgan fingerprint density at radius 3 is 2.68 bits per heavy atom. The summed E-state index contributed by atoms with van der Waals surface area (Å²) in [6.07, 6.45) is 4.33. The fraction of sp³-hybridized carbons (Fsp3) is 0.909. The maximum absolute atomic E-state index is 11.6. The van der Waals surface area contributed by atoms with Crippen LogP contribution in [0.2, 0.25) is 0 Å². The van der Waals surface area contributed by atoms with Gasteiger partial charge in [-0.1, -0.05) is 13.3 Å². The highest BCUT2D eigenvalue weighted by Gasteiger charge is 2.31. The number of amides is 1. The second-order valence-corrected chi connectivity index (χ2v) is 6.75. The Morgan fingerprint density at radius 1 is 1.53 bits per heavy atom. The highest BCUT2D eigenvalue weighted by Crippen LogP contribution is 2.19. The van der Waals surface area contributed by atoms with Crippen molar-refractivity contribution in [3.63, 3.8) is 0 Å². The summed E-state index contributed by atoms with van der Waals surface area (Å²) in [6.45, 7) is 2.86. The van der Waals surface area contributed by atoms with Crippen LogP contribution in [0, 0.1) is 0 Å². The van der Waals surface area contributed by atoms with Crippen molar-refractivity contribution in [2.45, 2.75) is 44.7 Å². The highest BCUT2D eigenvalue weighted by molar-refractivity contribution is 7.88. The number of carbonyl (C=O) groups is 1. The van der Waals surface area contributed by atoms with Gasteiger partial charge in [0.25, 0.3) is 0 Å². The first-order valence-corrected chi connectivity index (χ1v) is 8.21. The molecule has 3 N–H and O–H groups in total. The molecule has 0 bridgehead atoms. The van der Waals surface area contributed by atoms with Crippen LogP contribution in [-0.2, 0) is 14.8 Å². The zero-order chi connectivity index (χ0) is 13.8. The average Bonchev–Trinajstić information content (AvgIpc) is 2.74. The number of carbonyl (C=O) groups excluding carboxylic acids is 1. The number of hydrogen-bond acceptors (Lipinski definition) is 4. The number of nitrogens with one attached hydrogen (secondary N) is 1. The molecule has 1 fully saturated rings. The summed E-state index contributed by atoms with van der Waals surface area (Å²) in [6, 6.07) is -0.624. The Labute approximate surface area is 121 Å². The normalized spacial score (nSPS) is 21.7. The predicted octanol–water partition coefficient (Wildman–Crippen LogP) is 0.0758. The quantitative estimate of drug-likeness (QED) is 0.726. The van der Waals surface area contributed by atoms with Crippen molar-refractivity contribution >= 4 is 28.3 Å². The molecule has 1 rings (SSSR count). The third-order valence-corrected chi connectivity index (χ3v) is 4.53. The summed E-state index contributed by atoms with van der Waals surface area (Å²) in [4.78, 5) is 11.6. The Hall–Kier alpha value is -0.370. The molecule has 0 saturated carbocycles. The minimum absolute atomic E-state index is 0. The molecule has 114 valence electrons. The van der Waals surface area contributed by atoms with Gasteiger partial charge in [0.05, 0.1) is 12.3 Å². The van der Waals surface area contributed by atoms with Crippen molar-refractivity contribution in [3.05, 3.63) is 0 Å². The first-order valence-electron chi connectivity index (χ1n) is 6.36. The molecule has 19 heavy (non-hydrogen) atoms. The minimum Gasteiger partial charge on any atom is -0.353 e. The molecule has 1 unspecified atom stereocenters. The van der Waals surface area contributed by atoms with Gasteiger partial charge >= 0.3 is 0 Å². The van der Waals surface area contributed by atoms with Gasteiger partial charge in [-0.05, 0) is 19.3 Å². The average molecular weight is 314 g/mol. The second kappa shape index (κ2) is 8.04. The number of rotatable bonds is 6. The van der Waals surface area contributed by atoms with Crippen LogP contribution in [0.5, 0.6) is 0 Å². The highest BCUT2D eigenvalue weighted by atomic mass is 35.5. The van der Waals surface area contributed by atoms with Crippen molar-refractivity contribution in [2.24, 2.45) is 5.73 Å². The number of nitrogens with two attached hydrogens (primary N) is 1. The number of halogens is 1. The molecule has 0 aromatic rings. The predicted molar refractivity (Wildman–Crippen MR) is 77.7 cm³/mol. The van der Waals surface area contributed by atoms with E-state index in [2.05, 4.69) is 5.32 Å². The maximum atomic E-state index is 11.6. The van der Waals surface area contributed by atoms with E-state index in [1.165, 1.54) is 10.6 Å². The van der Waals surface area contributed by atoms with Crippen LogP contribution in [0.25, 0.3) is 0 Å². The van der Waals surface area contributed by atoms with Crippen molar-refractivity contribution in [1.29, 1.82) is 0 Å². The molecule has 1 heterocycles. The van der Waals surface area contributed by atoms with Crippen LogP contribution < -0.4 is 11.1 Å². The number of nitrogens with zero attached hydrogens (tertiary/aromatic N) is 1. The van der Waals surface area contributed by atoms with Crippen LogP contribution in [0.3, 0.4) is 0 Å². The topological polar surface area (TPSA) is 92.5 Å². The zero-order valence-electron chi connectivity index (χ0n) is 11.5. The van der Waals surface area contributed by atoms with E-state index >= 15 is 0 Å². The lowest BCUT2D eigenvalue weighted by Crippen LogP contribution is -2.47. The monoisotopic (exact) mass is 313 g/mol. The maximum Gasteiger partial charge on any atom is 0.236 e. The van der Waals surface area contributed by atoms with Crippen molar-refractivity contribution in [2.75, 3.05) is 19.3 Å². The third kappa shape index (κ3) is 5.64. The summed E-state index contributed by atoms with van der Waals surface area (Å²) in [5.74, 6) is -0.197. The second-order valence-electron chi connectivity index (χ2n) is 4.81. The zero-order valence-corrected chi connectivity index (χ0v) is 13.1. The first-order chi connectivity index (χ1) is 8.36. The Kier molecular flexibility index (Phi) is 7.88. The van der Waals surface area contributed by atoms with Crippen LogP contribution in [0.4, 0.5) is 0 Å². The third-order valence-electron chi connectivity index (χ3n) is 3.20. The minimum atomic E-state index is -3.18. The number of hydrogen-bond donors (Lipinski definition) is 2. The van der Waals surface area contributed by atoms with Crippen molar-refractivity contribution in [3.8, 4) is 0 Å². The molecule has 0 aliphatic carbocycles. The molecule has 0 aromatic heterocycles. The van der Waals surface area contributed by atoms with Gasteiger partial charge in [-0.3, -0.25) is 4.79 Å². The van der Waals surface area contributed by atoms with E-state index in [1.54, 1.807) is 0 Å². The Balaban J connectivity index is 0.00000324. The number of sulfonamides is 1. The van der Waals surface area contributed by atoms with Gasteiger partial charge in [0.2, 0.25) is 15.9 Å². The molecule has 6 nitrogen and oxygen atoms in total. The molecule has 0 aromatic carbocycles. The van der Waals surface area contributed by atoms with E-state index in [4.69, 9.17) is 5.73 Å². The summed E-state index contributed by atoms with van der Waals surface area (Å²) in [7, 11) is -3.18. The van der Waals surface area contributed by atoms with Gasteiger partial charge < -0.3 is 11.1 Å². The van der Waals surface area contributed by atoms with Gasteiger partial charge in [0, 0.05) is 19.1 Å². The fourth-order valence-electron chi connectivity index (χ4n) is 2.24. The Bertz CT molecular complexity index is 389. The molecule has 1 amide bonds. The molecule has 1 aliphatic heterocycles. The lowest BCUT2D eigenvalue weighted by Gasteiger charge is -2.23. The molecule has 2 atom stereocenters. The Morgan fingerprint density at radius 2 is 2.16 bits per heavy atom. The smallest absolute Gasteiger partial charge is 0.236 e. The molecule has 8 heteroatoms. The van der Waals surface area contributed by atoms with Crippen LogP contribution >= 0.6 is 12.4 Å².